The van der Waals surface area contributed by atoms with Crippen LogP contribution in [0.4, 0.5) is 0 Å². The zero-order chi connectivity index (χ0) is 55.0. The first kappa shape index (κ1) is 71.8. The molecule has 0 amide bonds. The lowest BCUT2D eigenvalue weighted by Crippen LogP contribution is -2.30. The van der Waals surface area contributed by atoms with Crippen molar-refractivity contribution in [3.8, 4) is 0 Å². The molecule has 0 aliphatic rings. The quantitative estimate of drug-likeness (QED) is 0.0261. The van der Waals surface area contributed by atoms with E-state index in [-0.39, 0.29) is 31.1 Å². The van der Waals surface area contributed by atoms with E-state index in [2.05, 4.69) is 142 Å². The average Bonchev–Trinajstić information content (AvgIpc) is 3.42. The second kappa shape index (κ2) is 63.3. The van der Waals surface area contributed by atoms with Crippen molar-refractivity contribution in [1.29, 1.82) is 0 Å². The van der Waals surface area contributed by atoms with E-state index in [4.69, 9.17) is 14.2 Å². The first-order valence-electron chi connectivity index (χ1n) is 31.5. The van der Waals surface area contributed by atoms with Gasteiger partial charge in [0.05, 0.1) is 0 Å². The third-order valence-corrected chi connectivity index (χ3v) is 13.2. The first-order chi connectivity index (χ1) is 37.5. The summed E-state index contributed by atoms with van der Waals surface area (Å²) in [5, 5.41) is 0. The minimum atomic E-state index is -0.792. The van der Waals surface area contributed by atoms with Crippen LogP contribution >= 0.6 is 0 Å². The molecule has 1 unspecified atom stereocenters. The Balaban J connectivity index is 4.28. The van der Waals surface area contributed by atoms with E-state index >= 15 is 0 Å². The van der Waals surface area contributed by atoms with Gasteiger partial charge in [0.2, 0.25) is 0 Å². The maximum Gasteiger partial charge on any atom is 0.306 e. The molecule has 6 nitrogen and oxygen atoms in total. The summed E-state index contributed by atoms with van der Waals surface area (Å²) in [6.45, 7) is 6.44. The highest BCUT2D eigenvalue weighted by Gasteiger charge is 2.19. The molecule has 0 rings (SSSR count). The van der Waals surface area contributed by atoms with Crippen molar-refractivity contribution in [1.82, 2.24) is 0 Å². The molecule has 0 saturated heterocycles. The number of carbonyl (C=O) groups excluding carboxylic acids is 3. The van der Waals surface area contributed by atoms with E-state index < -0.39 is 6.10 Å². The van der Waals surface area contributed by atoms with Gasteiger partial charge >= 0.3 is 17.9 Å². The van der Waals surface area contributed by atoms with Gasteiger partial charge < -0.3 is 14.2 Å². The number of hydrogen-bond acceptors (Lipinski definition) is 6. The summed E-state index contributed by atoms with van der Waals surface area (Å²) in [5.41, 5.74) is 0. The minimum Gasteiger partial charge on any atom is -0.462 e. The molecule has 0 N–H and O–H groups in total. The zero-order valence-electron chi connectivity index (χ0n) is 49.5. The molecule has 0 bridgehead atoms. The molecule has 76 heavy (non-hydrogen) atoms. The van der Waals surface area contributed by atoms with Crippen molar-refractivity contribution in [3.05, 3.63) is 122 Å². The smallest absolute Gasteiger partial charge is 0.306 e. The number of hydrogen-bond donors (Lipinski definition) is 0. The molecule has 0 radical (unpaired) electrons. The van der Waals surface area contributed by atoms with Gasteiger partial charge in [0.25, 0.3) is 0 Å². The highest BCUT2D eigenvalue weighted by atomic mass is 16.6. The number of allylic oxidation sites excluding steroid dienone is 20. The summed E-state index contributed by atoms with van der Waals surface area (Å²) in [4.78, 5) is 38.2. The van der Waals surface area contributed by atoms with Crippen LogP contribution in [0.1, 0.15) is 284 Å². The van der Waals surface area contributed by atoms with E-state index in [1.807, 2.05) is 0 Å². The minimum absolute atomic E-state index is 0.0901. The van der Waals surface area contributed by atoms with E-state index in [0.717, 1.165) is 141 Å². The van der Waals surface area contributed by atoms with Gasteiger partial charge in [-0.15, -0.1) is 0 Å². The number of rotatable bonds is 56. The summed E-state index contributed by atoms with van der Waals surface area (Å²) in [6, 6.07) is 0. The van der Waals surface area contributed by atoms with Crippen LogP contribution in [0, 0.1) is 0 Å². The van der Waals surface area contributed by atoms with Crippen LogP contribution < -0.4 is 0 Å². The summed E-state index contributed by atoms with van der Waals surface area (Å²) in [7, 11) is 0. The predicted octanol–water partition coefficient (Wildman–Crippen LogP) is 21.6. The van der Waals surface area contributed by atoms with Gasteiger partial charge in [-0.1, -0.05) is 258 Å². The molecular formula is C70H116O6. The topological polar surface area (TPSA) is 78.9 Å². The van der Waals surface area contributed by atoms with Crippen LogP contribution in [0.5, 0.6) is 0 Å². The fraction of sp³-hybridized carbons (Fsp3) is 0.671. The molecule has 0 aromatic rings. The lowest BCUT2D eigenvalue weighted by Gasteiger charge is -2.18. The van der Waals surface area contributed by atoms with Gasteiger partial charge in [0.1, 0.15) is 13.2 Å². The van der Waals surface area contributed by atoms with Gasteiger partial charge in [-0.3, -0.25) is 14.4 Å². The van der Waals surface area contributed by atoms with Crippen LogP contribution in [0.3, 0.4) is 0 Å². The standard InChI is InChI=1S/C70H116O6/c1-4-7-10-13-16-19-22-24-26-28-29-30-31-32-33-34-35-36-37-38-39-40-41-43-44-46-48-51-54-57-60-63-69(72)75-66-67(65-74-68(71)62-59-56-53-50-21-18-15-12-9-6-3)76-70(73)64-61-58-55-52-49-47-45-42-27-25-23-20-17-14-11-8-5-2/h7,10,12,15-16,19,24-27,29-30,32-33,35-36,38-39,41,43,67H,4-6,8-9,11,13-14,17-18,20-23,28,31,34,37,40,42,44-66H2,1-3H3/b10-7-,15-12-,19-16-,26-24-,27-25-,30-29-,33-32-,36-35-,39-38-,43-41-. The molecule has 1 atom stereocenters. The lowest BCUT2D eigenvalue weighted by molar-refractivity contribution is -0.167. The molecule has 0 fully saturated rings. The predicted molar refractivity (Wildman–Crippen MR) is 330 cm³/mol. The SMILES string of the molecule is CC/C=C\C/C=C\C/C=C\C/C=C\C/C=C\C/C=C\C/C=C\C/C=C\CCCCCCCCC(=O)OCC(COC(=O)CCCCCCC/C=C\CCC)OC(=O)CCCCCCCCC/C=C\CCCCCCCC. The third kappa shape index (κ3) is 60.7. The van der Waals surface area contributed by atoms with Crippen LogP contribution in [-0.4, -0.2) is 37.2 Å². The number of esters is 3. The Kier molecular flexibility index (Phi) is 59.9. The summed E-state index contributed by atoms with van der Waals surface area (Å²) in [6.07, 6.45) is 87.8. The molecule has 0 aromatic carbocycles. The monoisotopic (exact) mass is 1050 g/mol. The van der Waals surface area contributed by atoms with E-state index in [1.165, 1.54) is 103 Å². The molecule has 432 valence electrons. The molecule has 0 aliphatic carbocycles. The van der Waals surface area contributed by atoms with Crippen molar-refractivity contribution >= 4 is 17.9 Å². The fourth-order valence-corrected chi connectivity index (χ4v) is 8.46. The second-order valence-electron chi connectivity index (χ2n) is 20.6. The van der Waals surface area contributed by atoms with E-state index in [0.29, 0.717) is 19.3 Å². The highest BCUT2D eigenvalue weighted by molar-refractivity contribution is 5.71. The zero-order valence-corrected chi connectivity index (χ0v) is 49.5. The average molecular weight is 1050 g/mol. The fourth-order valence-electron chi connectivity index (χ4n) is 8.46. The van der Waals surface area contributed by atoms with Crippen LogP contribution in [0.2, 0.25) is 0 Å². The van der Waals surface area contributed by atoms with E-state index in [9.17, 15) is 14.4 Å². The molecule has 0 aromatic heterocycles. The van der Waals surface area contributed by atoms with Crippen molar-refractivity contribution in [2.75, 3.05) is 13.2 Å². The Labute approximate surface area is 469 Å². The Morgan fingerprint density at radius 2 is 0.539 bits per heavy atom. The Hall–Kier alpha value is -4.19. The van der Waals surface area contributed by atoms with Gasteiger partial charge in [-0.05, 0) is 128 Å². The molecule has 0 saturated carbocycles. The normalized spacial score (nSPS) is 12.9. The summed E-state index contributed by atoms with van der Waals surface area (Å²) >= 11 is 0. The number of carbonyl (C=O) groups is 3. The number of unbranched alkanes of at least 4 members (excludes halogenated alkanes) is 25. The lowest BCUT2D eigenvalue weighted by atomic mass is 10.1. The van der Waals surface area contributed by atoms with Crippen LogP contribution in [0.25, 0.3) is 0 Å². The second-order valence-corrected chi connectivity index (χ2v) is 20.6. The maximum absolute atomic E-state index is 12.9. The highest BCUT2D eigenvalue weighted by Crippen LogP contribution is 2.15. The van der Waals surface area contributed by atoms with Crippen molar-refractivity contribution in [2.45, 2.75) is 290 Å². The molecule has 0 spiro atoms. The third-order valence-electron chi connectivity index (χ3n) is 13.2. The molecule has 6 heteroatoms. The van der Waals surface area contributed by atoms with Gasteiger partial charge in [0.15, 0.2) is 6.10 Å². The molecule has 0 heterocycles. The van der Waals surface area contributed by atoms with Crippen LogP contribution in [-0.2, 0) is 28.6 Å². The Morgan fingerprint density at radius 3 is 0.868 bits per heavy atom. The maximum atomic E-state index is 12.9. The summed E-state index contributed by atoms with van der Waals surface area (Å²) < 4.78 is 16.8. The molecule has 0 aliphatic heterocycles. The van der Waals surface area contributed by atoms with Crippen LogP contribution in [0.15, 0.2) is 122 Å². The first-order valence-corrected chi connectivity index (χ1v) is 31.5. The Bertz CT molecular complexity index is 1590. The molecular weight excluding hydrogens is 937 g/mol. The van der Waals surface area contributed by atoms with Crippen molar-refractivity contribution in [2.24, 2.45) is 0 Å². The summed E-state index contributed by atoms with van der Waals surface area (Å²) in [5.74, 6) is -0.918. The largest absolute Gasteiger partial charge is 0.462 e. The van der Waals surface area contributed by atoms with Gasteiger partial charge in [0, 0.05) is 19.3 Å². The Morgan fingerprint density at radius 1 is 0.276 bits per heavy atom. The van der Waals surface area contributed by atoms with Crippen molar-refractivity contribution in [3.63, 3.8) is 0 Å². The van der Waals surface area contributed by atoms with Gasteiger partial charge in [-0.25, -0.2) is 0 Å². The van der Waals surface area contributed by atoms with Gasteiger partial charge in [-0.2, -0.15) is 0 Å². The number of ether oxygens (including phenoxy) is 3. The van der Waals surface area contributed by atoms with Crippen molar-refractivity contribution < 1.29 is 28.6 Å². The van der Waals surface area contributed by atoms with E-state index in [1.54, 1.807) is 0 Å².